The second-order valence-electron chi connectivity index (χ2n) is 6.07. The molecular formula is C18H24N2. The zero-order valence-electron chi connectivity index (χ0n) is 12.4. The van der Waals surface area contributed by atoms with Gasteiger partial charge in [-0.2, -0.15) is 0 Å². The summed E-state index contributed by atoms with van der Waals surface area (Å²) in [6, 6.07) is 15.9. The first kappa shape index (κ1) is 13.6. The van der Waals surface area contributed by atoms with E-state index in [0.717, 1.165) is 6.54 Å². The molecule has 0 aromatic heterocycles. The normalized spacial score (nSPS) is 18.7. The Labute approximate surface area is 121 Å². The Morgan fingerprint density at radius 3 is 2.40 bits per heavy atom. The lowest BCUT2D eigenvalue weighted by Gasteiger charge is -2.48. The van der Waals surface area contributed by atoms with E-state index in [9.17, 15) is 0 Å². The Bertz CT molecular complexity index is 587. The molecule has 2 aromatic rings. The van der Waals surface area contributed by atoms with E-state index in [1.165, 1.54) is 35.6 Å². The van der Waals surface area contributed by atoms with Crippen molar-refractivity contribution in [3.05, 3.63) is 48.0 Å². The number of fused-ring (bicyclic) bond motifs is 1. The summed E-state index contributed by atoms with van der Waals surface area (Å²) in [7, 11) is 4.16. The fourth-order valence-corrected chi connectivity index (χ4v) is 3.76. The summed E-state index contributed by atoms with van der Waals surface area (Å²) in [5.74, 6) is 0. The second-order valence-corrected chi connectivity index (χ2v) is 6.07. The lowest BCUT2D eigenvalue weighted by molar-refractivity contribution is 0.0789. The predicted molar refractivity (Wildman–Crippen MR) is 86.0 cm³/mol. The minimum Gasteiger partial charge on any atom is -0.319 e. The third kappa shape index (κ3) is 2.23. The fourth-order valence-electron chi connectivity index (χ4n) is 3.76. The summed E-state index contributed by atoms with van der Waals surface area (Å²) in [5.41, 5.74) is 1.80. The van der Waals surface area contributed by atoms with Crippen LogP contribution in [0.4, 0.5) is 0 Å². The van der Waals surface area contributed by atoms with E-state index in [4.69, 9.17) is 0 Å². The molecule has 0 heterocycles. The molecule has 2 aromatic carbocycles. The summed E-state index contributed by atoms with van der Waals surface area (Å²) in [5, 5.41) is 9.62. The molecule has 0 saturated heterocycles. The maximum Gasteiger partial charge on any atom is 0.0387 e. The second kappa shape index (κ2) is 5.55. The van der Waals surface area contributed by atoms with Gasteiger partial charge in [-0.3, -0.25) is 0 Å². The molecule has 3 rings (SSSR count). The summed E-state index contributed by atoms with van der Waals surface area (Å²) in [6.07, 6.45) is 3.98. The molecule has 1 unspecified atom stereocenters. The molecule has 0 radical (unpaired) electrons. The van der Waals surface area contributed by atoms with Crippen LogP contribution in [0, 0.1) is 5.41 Å². The van der Waals surface area contributed by atoms with E-state index in [1.54, 1.807) is 0 Å². The van der Waals surface area contributed by atoms with Gasteiger partial charge < -0.3 is 10.6 Å². The number of nitrogens with one attached hydrogen (secondary N) is 2. The van der Waals surface area contributed by atoms with Crippen LogP contribution in [0.2, 0.25) is 0 Å². The van der Waals surface area contributed by atoms with Crippen molar-refractivity contribution < 1.29 is 0 Å². The molecular weight excluding hydrogens is 244 g/mol. The van der Waals surface area contributed by atoms with Gasteiger partial charge in [-0.15, -0.1) is 0 Å². The van der Waals surface area contributed by atoms with Gasteiger partial charge in [-0.25, -0.2) is 0 Å². The van der Waals surface area contributed by atoms with Crippen molar-refractivity contribution in [1.29, 1.82) is 0 Å². The highest BCUT2D eigenvalue weighted by atomic mass is 14.9. The van der Waals surface area contributed by atoms with Crippen LogP contribution in [0.5, 0.6) is 0 Å². The Morgan fingerprint density at radius 2 is 1.80 bits per heavy atom. The highest BCUT2D eigenvalue weighted by Gasteiger charge is 2.43. The Morgan fingerprint density at radius 1 is 1.05 bits per heavy atom. The molecule has 0 spiro atoms. The van der Waals surface area contributed by atoms with Crippen LogP contribution in [0.25, 0.3) is 10.8 Å². The van der Waals surface area contributed by atoms with E-state index in [-0.39, 0.29) is 0 Å². The zero-order chi connectivity index (χ0) is 14.0. The van der Waals surface area contributed by atoms with E-state index in [1.807, 2.05) is 0 Å². The molecule has 106 valence electrons. The smallest absolute Gasteiger partial charge is 0.0387 e. The molecule has 0 aliphatic heterocycles. The minimum atomic E-state index is 0.381. The van der Waals surface area contributed by atoms with Crippen molar-refractivity contribution in [3.63, 3.8) is 0 Å². The molecule has 1 fully saturated rings. The minimum absolute atomic E-state index is 0.381. The largest absolute Gasteiger partial charge is 0.319 e. The van der Waals surface area contributed by atoms with Crippen LogP contribution in [-0.2, 0) is 0 Å². The fraction of sp³-hybridized carbons (Fsp3) is 0.444. The number of benzene rings is 2. The first-order valence-electron chi connectivity index (χ1n) is 7.60. The number of hydrogen-bond acceptors (Lipinski definition) is 2. The van der Waals surface area contributed by atoms with E-state index < -0.39 is 0 Å². The van der Waals surface area contributed by atoms with Gasteiger partial charge in [-0.05, 0) is 49.3 Å². The Hall–Kier alpha value is -1.38. The SMILES string of the molecule is CNCC1(C(NC)c2ccc3ccccc3c2)CCC1. The quantitative estimate of drug-likeness (QED) is 0.867. The van der Waals surface area contributed by atoms with Crippen LogP contribution in [0.15, 0.2) is 42.5 Å². The van der Waals surface area contributed by atoms with Crippen molar-refractivity contribution in [2.24, 2.45) is 5.41 Å². The van der Waals surface area contributed by atoms with Crippen molar-refractivity contribution in [2.45, 2.75) is 25.3 Å². The van der Waals surface area contributed by atoms with Crippen LogP contribution in [-0.4, -0.2) is 20.6 Å². The van der Waals surface area contributed by atoms with Gasteiger partial charge >= 0.3 is 0 Å². The van der Waals surface area contributed by atoms with Gasteiger partial charge in [0.2, 0.25) is 0 Å². The summed E-state index contributed by atoms with van der Waals surface area (Å²) < 4.78 is 0. The molecule has 1 aliphatic carbocycles. The van der Waals surface area contributed by atoms with E-state index in [0.29, 0.717) is 11.5 Å². The molecule has 20 heavy (non-hydrogen) atoms. The molecule has 0 amide bonds. The zero-order valence-corrected chi connectivity index (χ0v) is 12.4. The molecule has 0 bridgehead atoms. The van der Waals surface area contributed by atoms with Gasteiger partial charge in [0.15, 0.2) is 0 Å². The lowest BCUT2D eigenvalue weighted by Crippen LogP contribution is -2.47. The maximum atomic E-state index is 3.57. The number of hydrogen-bond donors (Lipinski definition) is 2. The van der Waals surface area contributed by atoms with Gasteiger partial charge in [0, 0.05) is 18.0 Å². The van der Waals surface area contributed by atoms with Crippen molar-refractivity contribution in [1.82, 2.24) is 10.6 Å². The summed E-state index contributed by atoms with van der Waals surface area (Å²) >= 11 is 0. The molecule has 1 atom stereocenters. The first-order chi connectivity index (χ1) is 9.79. The summed E-state index contributed by atoms with van der Waals surface area (Å²) in [4.78, 5) is 0. The third-order valence-electron chi connectivity index (χ3n) is 4.89. The van der Waals surface area contributed by atoms with Gasteiger partial charge in [0.25, 0.3) is 0 Å². The monoisotopic (exact) mass is 268 g/mol. The van der Waals surface area contributed by atoms with Crippen LogP contribution < -0.4 is 10.6 Å². The van der Waals surface area contributed by atoms with Crippen LogP contribution in [0.3, 0.4) is 0 Å². The van der Waals surface area contributed by atoms with Gasteiger partial charge in [-0.1, -0.05) is 42.8 Å². The van der Waals surface area contributed by atoms with Crippen LogP contribution in [0.1, 0.15) is 30.9 Å². The summed E-state index contributed by atoms with van der Waals surface area (Å²) in [6.45, 7) is 1.09. The standard InChI is InChI=1S/C18H24N2/c1-19-13-18(10-5-11-18)17(20-2)16-9-8-14-6-3-4-7-15(14)12-16/h3-4,6-9,12,17,19-20H,5,10-11,13H2,1-2H3. The molecule has 1 aliphatic rings. The van der Waals surface area contributed by atoms with Crippen molar-refractivity contribution in [2.75, 3.05) is 20.6 Å². The highest BCUT2D eigenvalue weighted by Crippen LogP contribution is 2.49. The van der Waals surface area contributed by atoms with Gasteiger partial charge in [0.05, 0.1) is 0 Å². The molecule has 2 N–H and O–H groups in total. The maximum absolute atomic E-state index is 3.57. The molecule has 2 heteroatoms. The molecule has 2 nitrogen and oxygen atoms in total. The Kier molecular flexibility index (Phi) is 3.77. The van der Waals surface area contributed by atoms with E-state index >= 15 is 0 Å². The van der Waals surface area contributed by atoms with Gasteiger partial charge in [0.1, 0.15) is 0 Å². The average molecular weight is 268 g/mol. The third-order valence-corrected chi connectivity index (χ3v) is 4.89. The van der Waals surface area contributed by atoms with Crippen molar-refractivity contribution >= 4 is 10.8 Å². The first-order valence-corrected chi connectivity index (χ1v) is 7.60. The highest BCUT2D eigenvalue weighted by molar-refractivity contribution is 5.83. The average Bonchev–Trinajstić information content (AvgIpc) is 2.45. The predicted octanol–water partition coefficient (Wildman–Crippen LogP) is 3.49. The van der Waals surface area contributed by atoms with E-state index in [2.05, 4.69) is 67.2 Å². The Balaban J connectivity index is 1.98. The van der Waals surface area contributed by atoms with Crippen molar-refractivity contribution in [3.8, 4) is 0 Å². The topological polar surface area (TPSA) is 24.1 Å². The van der Waals surface area contributed by atoms with Crippen LogP contribution >= 0.6 is 0 Å². The molecule has 1 saturated carbocycles. The number of rotatable bonds is 5. The lowest BCUT2D eigenvalue weighted by atomic mass is 9.62.